The number of carbonyl (C=O) groups is 1. The highest BCUT2D eigenvalue weighted by molar-refractivity contribution is 9.10. The van der Waals surface area contributed by atoms with E-state index in [1.54, 1.807) is 18.2 Å². The Labute approximate surface area is 149 Å². The highest BCUT2D eigenvalue weighted by atomic mass is 79.9. The van der Waals surface area contributed by atoms with E-state index in [2.05, 4.69) is 21.1 Å². The zero-order valence-electron chi connectivity index (χ0n) is 13.5. The lowest BCUT2D eigenvalue weighted by Gasteiger charge is -2.17. The molecule has 1 saturated heterocycles. The van der Waals surface area contributed by atoms with Crippen LogP contribution in [0.4, 0.5) is 0 Å². The van der Waals surface area contributed by atoms with Crippen molar-refractivity contribution in [3.63, 3.8) is 0 Å². The van der Waals surface area contributed by atoms with Gasteiger partial charge in [-0.25, -0.2) is 0 Å². The number of aryl methyl sites for hydroxylation is 1. The van der Waals surface area contributed by atoms with Crippen molar-refractivity contribution in [2.75, 3.05) is 19.6 Å². The van der Waals surface area contributed by atoms with Crippen LogP contribution in [0.15, 0.2) is 33.3 Å². The first kappa shape index (κ1) is 17.0. The number of benzene rings is 1. The lowest BCUT2D eigenvalue weighted by molar-refractivity contribution is 0.0787. The fourth-order valence-corrected chi connectivity index (χ4v) is 3.27. The van der Waals surface area contributed by atoms with E-state index in [0.717, 1.165) is 35.4 Å². The number of aromatic nitrogens is 1. The highest BCUT2D eigenvalue weighted by Crippen LogP contribution is 2.28. The molecule has 0 bridgehead atoms. The first-order chi connectivity index (χ1) is 11.6. The molecular weight excluding hydrogens is 374 g/mol. The molecule has 3 rings (SSSR count). The molecule has 128 valence electrons. The van der Waals surface area contributed by atoms with Crippen LogP contribution in [0.25, 0.3) is 0 Å². The second kappa shape index (κ2) is 7.36. The maximum Gasteiger partial charge on any atom is 0.253 e. The Morgan fingerprint density at radius 3 is 2.96 bits per heavy atom. The Hall–Kier alpha value is -1.86. The van der Waals surface area contributed by atoms with E-state index < -0.39 is 0 Å². The Bertz CT molecular complexity index is 732. The van der Waals surface area contributed by atoms with Crippen molar-refractivity contribution in [1.29, 1.82) is 0 Å². The third-order valence-corrected chi connectivity index (χ3v) is 4.76. The number of nitrogens with two attached hydrogens (primary N) is 1. The van der Waals surface area contributed by atoms with E-state index in [1.807, 2.05) is 17.9 Å². The molecule has 0 radical (unpaired) electrons. The summed E-state index contributed by atoms with van der Waals surface area (Å²) in [6.07, 6.45) is 0.974. The van der Waals surface area contributed by atoms with Crippen molar-refractivity contribution in [2.24, 2.45) is 11.7 Å². The normalized spacial score (nSPS) is 17.3. The number of ether oxygens (including phenoxy) is 1. The van der Waals surface area contributed by atoms with Crippen molar-refractivity contribution < 1.29 is 14.1 Å². The molecule has 1 amide bonds. The average Bonchev–Trinajstić information content (AvgIpc) is 3.21. The molecule has 1 aliphatic heterocycles. The van der Waals surface area contributed by atoms with Gasteiger partial charge in [-0.3, -0.25) is 4.79 Å². The summed E-state index contributed by atoms with van der Waals surface area (Å²) >= 11 is 3.47. The third kappa shape index (κ3) is 3.79. The van der Waals surface area contributed by atoms with Crippen molar-refractivity contribution in [2.45, 2.75) is 20.0 Å². The number of hydrogen-bond acceptors (Lipinski definition) is 5. The van der Waals surface area contributed by atoms with Crippen molar-refractivity contribution in [3.05, 3.63) is 45.8 Å². The van der Waals surface area contributed by atoms with E-state index in [4.69, 9.17) is 15.0 Å². The Kier molecular flexibility index (Phi) is 5.20. The summed E-state index contributed by atoms with van der Waals surface area (Å²) < 4.78 is 11.5. The average molecular weight is 394 g/mol. The smallest absolute Gasteiger partial charge is 0.253 e. The number of hydrogen-bond donors (Lipinski definition) is 1. The van der Waals surface area contributed by atoms with Gasteiger partial charge in [0.1, 0.15) is 23.8 Å². The second-order valence-electron chi connectivity index (χ2n) is 6.00. The lowest BCUT2D eigenvalue weighted by Crippen LogP contribution is -2.29. The van der Waals surface area contributed by atoms with E-state index in [1.165, 1.54) is 0 Å². The van der Waals surface area contributed by atoms with Crippen LogP contribution in [0.5, 0.6) is 5.75 Å². The van der Waals surface area contributed by atoms with Gasteiger partial charge in [0.2, 0.25) is 0 Å². The van der Waals surface area contributed by atoms with Crippen LogP contribution in [0, 0.1) is 12.8 Å². The summed E-state index contributed by atoms with van der Waals surface area (Å²) in [4.78, 5) is 14.4. The van der Waals surface area contributed by atoms with Gasteiger partial charge in [0.15, 0.2) is 0 Å². The van der Waals surface area contributed by atoms with Gasteiger partial charge in [-0.1, -0.05) is 5.16 Å². The third-order valence-electron chi connectivity index (χ3n) is 4.14. The fourth-order valence-electron chi connectivity index (χ4n) is 2.78. The minimum absolute atomic E-state index is 0.0327. The van der Waals surface area contributed by atoms with Crippen molar-refractivity contribution in [3.8, 4) is 5.75 Å². The Morgan fingerprint density at radius 1 is 1.50 bits per heavy atom. The number of nitrogens with zero attached hydrogens (tertiary/aromatic N) is 2. The molecule has 1 atom stereocenters. The number of rotatable bonds is 5. The van der Waals surface area contributed by atoms with Crippen LogP contribution in [-0.2, 0) is 6.61 Å². The lowest BCUT2D eigenvalue weighted by atomic mass is 10.1. The summed E-state index contributed by atoms with van der Waals surface area (Å²) in [5.74, 6) is 1.85. The van der Waals surface area contributed by atoms with Crippen LogP contribution in [0.2, 0.25) is 0 Å². The monoisotopic (exact) mass is 393 g/mol. The summed E-state index contributed by atoms with van der Waals surface area (Å²) in [5, 5.41) is 3.89. The maximum atomic E-state index is 12.6. The summed E-state index contributed by atoms with van der Waals surface area (Å²) in [7, 11) is 0. The van der Waals surface area contributed by atoms with Gasteiger partial charge in [-0.05, 0) is 59.9 Å². The molecule has 2 heterocycles. The minimum Gasteiger partial charge on any atom is -0.486 e. The SMILES string of the molecule is Cc1cc(COc2ccc(C(=O)N3CCC(CN)C3)cc2Br)no1. The molecule has 1 aromatic heterocycles. The van der Waals surface area contributed by atoms with E-state index in [-0.39, 0.29) is 5.91 Å². The van der Waals surface area contributed by atoms with Gasteiger partial charge in [-0.15, -0.1) is 0 Å². The summed E-state index contributed by atoms with van der Waals surface area (Å²) in [5.41, 5.74) is 7.06. The molecule has 6 nitrogen and oxygen atoms in total. The van der Waals surface area contributed by atoms with Gasteiger partial charge < -0.3 is 19.9 Å². The van der Waals surface area contributed by atoms with Gasteiger partial charge in [0.25, 0.3) is 5.91 Å². The second-order valence-corrected chi connectivity index (χ2v) is 6.86. The summed E-state index contributed by atoms with van der Waals surface area (Å²) in [6, 6.07) is 7.20. The molecule has 0 aliphatic carbocycles. The van der Waals surface area contributed by atoms with E-state index in [9.17, 15) is 4.79 Å². The molecule has 1 aliphatic rings. The van der Waals surface area contributed by atoms with E-state index >= 15 is 0 Å². The van der Waals surface area contributed by atoms with Crippen molar-refractivity contribution in [1.82, 2.24) is 10.1 Å². The number of likely N-dealkylation sites (tertiary alicyclic amines) is 1. The minimum atomic E-state index is 0.0327. The standard InChI is InChI=1S/C17H20BrN3O3/c1-11-6-14(20-24-11)10-23-16-3-2-13(7-15(16)18)17(22)21-5-4-12(8-19)9-21/h2-3,6-7,12H,4-5,8-10,19H2,1H3. The topological polar surface area (TPSA) is 81.6 Å². The molecule has 1 fully saturated rings. The van der Waals surface area contributed by atoms with Crippen LogP contribution in [0.1, 0.15) is 28.2 Å². The first-order valence-electron chi connectivity index (χ1n) is 7.90. The number of amides is 1. The highest BCUT2D eigenvalue weighted by Gasteiger charge is 2.26. The largest absolute Gasteiger partial charge is 0.486 e. The summed E-state index contributed by atoms with van der Waals surface area (Å²) in [6.45, 7) is 4.27. The van der Waals surface area contributed by atoms with Gasteiger partial charge in [-0.2, -0.15) is 0 Å². The van der Waals surface area contributed by atoms with Crippen LogP contribution in [0.3, 0.4) is 0 Å². The van der Waals surface area contributed by atoms with Crippen molar-refractivity contribution >= 4 is 21.8 Å². The molecular formula is C17H20BrN3O3. The zero-order chi connectivity index (χ0) is 17.1. The molecule has 24 heavy (non-hydrogen) atoms. The fraction of sp³-hybridized carbons (Fsp3) is 0.412. The van der Waals surface area contributed by atoms with Gasteiger partial charge >= 0.3 is 0 Å². The Morgan fingerprint density at radius 2 is 2.33 bits per heavy atom. The molecule has 2 N–H and O–H groups in total. The molecule has 1 aromatic carbocycles. The number of carbonyl (C=O) groups excluding carboxylic acids is 1. The Balaban J connectivity index is 1.64. The zero-order valence-corrected chi connectivity index (χ0v) is 15.1. The van der Waals surface area contributed by atoms with Crippen LogP contribution < -0.4 is 10.5 Å². The predicted molar refractivity (Wildman–Crippen MR) is 92.8 cm³/mol. The van der Waals surface area contributed by atoms with Gasteiger partial charge in [0, 0.05) is 24.7 Å². The molecule has 0 saturated carbocycles. The molecule has 0 spiro atoms. The number of halogens is 1. The van der Waals surface area contributed by atoms with E-state index in [0.29, 0.717) is 30.4 Å². The quantitative estimate of drug-likeness (QED) is 0.844. The van der Waals surface area contributed by atoms with Crippen LogP contribution >= 0.6 is 15.9 Å². The van der Waals surface area contributed by atoms with Gasteiger partial charge in [0.05, 0.1) is 4.47 Å². The molecule has 1 unspecified atom stereocenters. The molecule has 2 aromatic rings. The molecule has 7 heteroatoms. The maximum absolute atomic E-state index is 12.6. The predicted octanol–water partition coefficient (Wildman–Crippen LogP) is 2.75. The first-order valence-corrected chi connectivity index (χ1v) is 8.70. The van der Waals surface area contributed by atoms with Crippen LogP contribution in [-0.4, -0.2) is 35.6 Å².